The molecule has 0 amide bonds. The van der Waals surface area contributed by atoms with Crippen molar-refractivity contribution in [3.63, 3.8) is 0 Å². The third kappa shape index (κ3) is 3.43. The van der Waals surface area contributed by atoms with Crippen LogP contribution in [0.2, 0.25) is 0 Å². The zero-order chi connectivity index (χ0) is 12.3. The molecule has 0 aromatic rings. The Balaban J connectivity index is 1.73. The van der Waals surface area contributed by atoms with Gasteiger partial charge in [-0.1, -0.05) is 6.92 Å². The summed E-state index contributed by atoms with van der Waals surface area (Å²) in [5, 5.41) is 0. The van der Waals surface area contributed by atoms with Gasteiger partial charge in [0.05, 0.1) is 0 Å². The Hall–Kier alpha value is -0.120. The van der Waals surface area contributed by atoms with Gasteiger partial charge in [0, 0.05) is 31.2 Å². The smallest absolute Gasteiger partial charge is 0.0115 e. The zero-order valence-electron chi connectivity index (χ0n) is 11.6. The summed E-state index contributed by atoms with van der Waals surface area (Å²) in [5.41, 5.74) is 5.94. The van der Waals surface area contributed by atoms with Gasteiger partial charge in [-0.3, -0.25) is 4.90 Å². The molecule has 3 heteroatoms. The van der Waals surface area contributed by atoms with Crippen LogP contribution < -0.4 is 5.73 Å². The maximum atomic E-state index is 5.94. The summed E-state index contributed by atoms with van der Waals surface area (Å²) >= 11 is 0. The summed E-state index contributed by atoms with van der Waals surface area (Å²) < 4.78 is 0. The maximum Gasteiger partial charge on any atom is 0.0115 e. The van der Waals surface area contributed by atoms with Crippen molar-refractivity contribution in [1.82, 2.24) is 9.80 Å². The minimum atomic E-state index is 0.459. The fraction of sp³-hybridized carbons (Fsp3) is 1.00. The molecule has 17 heavy (non-hydrogen) atoms. The van der Waals surface area contributed by atoms with Crippen molar-refractivity contribution in [3.05, 3.63) is 0 Å². The van der Waals surface area contributed by atoms with Crippen LogP contribution in [0.4, 0.5) is 0 Å². The molecule has 100 valence electrons. The molecule has 0 bridgehead atoms. The molecular weight excluding hydrogens is 210 g/mol. The Bertz CT molecular complexity index is 224. The van der Waals surface area contributed by atoms with Crippen molar-refractivity contribution < 1.29 is 0 Å². The molecule has 0 aromatic carbocycles. The highest BCUT2D eigenvalue weighted by molar-refractivity contribution is 4.85. The molecule has 0 spiro atoms. The van der Waals surface area contributed by atoms with Crippen molar-refractivity contribution in [3.8, 4) is 0 Å². The Kier molecular flexibility index (Phi) is 4.83. The first-order chi connectivity index (χ1) is 8.20. The normalized spacial score (nSPS) is 33.4. The highest BCUT2D eigenvalue weighted by Crippen LogP contribution is 2.25. The standard InChI is InChI=1S/C14H29N3/c1-3-14-5-4-12(2)17(14)11-10-16-8-6-13(15)7-9-16/h12-14H,3-11,15H2,1-2H3. The number of nitrogens with two attached hydrogens (primary N) is 1. The summed E-state index contributed by atoms with van der Waals surface area (Å²) in [6.45, 7) is 9.64. The third-order valence-corrected chi connectivity index (χ3v) is 4.73. The average Bonchev–Trinajstić information content (AvgIpc) is 2.69. The Morgan fingerprint density at radius 3 is 2.41 bits per heavy atom. The highest BCUT2D eigenvalue weighted by Gasteiger charge is 2.29. The monoisotopic (exact) mass is 239 g/mol. The van der Waals surface area contributed by atoms with Crippen LogP contribution in [-0.2, 0) is 0 Å². The molecule has 2 heterocycles. The first kappa shape index (κ1) is 13.3. The van der Waals surface area contributed by atoms with Crippen molar-refractivity contribution in [2.75, 3.05) is 26.2 Å². The van der Waals surface area contributed by atoms with Crippen LogP contribution in [0.3, 0.4) is 0 Å². The van der Waals surface area contributed by atoms with Crippen molar-refractivity contribution in [1.29, 1.82) is 0 Å². The lowest BCUT2D eigenvalue weighted by Crippen LogP contribution is -2.45. The summed E-state index contributed by atoms with van der Waals surface area (Å²) in [7, 11) is 0. The molecule has 2 unspecified atom stereocenters. The van der Waals surface area contributed by atoms with E-state index in [1.54, 1.807) is 0 Å². The van der Waals surface area contributed by atoms with Crippen LogP contribution in [0.15, 0.2) is 0 Å². The highest BCUT2D eigenvalue weighted by atomic mass is 15.2. The molecule has 2 fully saturated rings. The molecule has 2 saturated heterocycles. The fourth-order valence-electron chi connectivity index (χ4n) is 3.40. The lowest BCUT2D eigenvalue weighted by atomic mass is 10.1. The van der Waals surface area contributed by atoms with E-state index < -0.39 is 0 Å². The van der Waals surface area contributed by atoms with E-state index in [0.29, 0.717) is 6.04 Å². The van der Waals surface area contributed by atoms with Gasteiger partial charge in [-0.2, -0.15) is 0 Å². The number of rotatable bonds is 4. The maximum absolute atomic E-state index is 5.94. The van der Waals surface area contributed by atoms with Gasteiger partial charge in [-0.25, -0.2) is 0 Å². The lowest BCUT2D eigenvalue weighted by molar-refractivity contribution is 0.143. The summed E-state index contributed by atoms with van der Waals surface area (Å²) in [6.07, 6.45) is 6.49. The number of hydrogen-bond donors (Lipinski definition) is 1. The summed E-state index contributed by atoms with van der Waals surface area (Å²) in [5.74, 6) is 0. The van der Waals surface area contributed by atoms with Gasteiger partial charge in [-0.15, -0.1) is 0 Å². The van der Waals surface area contributed by atoms with Gasteiger partial charge in [0.2, 0.25) is 0 Å². The van der Waals surface area contributed by atoms with Crippen LogP contribution >= 0.6 is 0 Å². The topological polar surface area (TPSA) is 32.5 Å². The molecule has 3 nitrogen and oxygen atoms in total. The summed E-state index contributed by atoms with van der Waals surface area (Å²) in [4.78, 5) is 5.33. The number of nitrogens with zero attached hydrogens (tertiary/aromatic N) is 2. The second kappa shape index (κ2) is 6.17. The second-order valence-electron chi connectivity index (χ2n) is 5.91. The number of likely N-dealkylation sites (tertiary alicyclic amines) is 2. The Labute approximate surface area is 106 Å². The first-order valence-electron chi connectivity index (χ1n) is 7.44. The lowest BCUT2D eigenvalue weighted by Gasteiger charge is -2.34. The third-order valence-electron chi connectivity index (χ3n) is 4.73. The molecule has 0 radical (unpaired) electrons. The largest absolute Gasteiger partial charge is 0.328 e. The van der Waals surface area contributed by atoms with Gasteiger partial charge in [0.25, 0.3) is 0 Å². The van der Waals surface area contributed by atoms with Crippen molar-refractivity contribution >= 4 is 0 Å². The van der Waals surface area contributed by atoms with E-state index in [1.807, 2.05) is 0 Å². The van der Waals surface area contributed by atoms with Crippen LogP contribution in [0, 0.1) is 0 Å². The van der Waals surface area contributed by atoms with Crippen LogP contribution in [0.1, 0.15) is 46.0 Å². The van der Waals surface area contributed by atoms with Crippen molar-refractivity contribution in [2.45, 2.75) is 64.1 Å². The van der Waals surface area contributed by atoms with Crippen LogP contribution in [-0.4, -0.2) is 54.1 Å². The predicted octanol–water partition coefficient (Wildman–Crippen LogP) is 1.67. The van der Waals surface area contributed by atoms with Gasteiger partial charge < -0.3 is 10.6 Å². The molecule has 2 aliphatic rings. The van der Waals surface area contributed by atoms with E-state index in [2.05, 4.69) is 23.6 Å². The summed E-state index contributed by atoms with van der Waals surface area (Å²) in [6, 6.07) is 2.10. The molecule has 2 N–H and O–H groups in total. The number of piperidine rings is 1. The van der Waals surface area contributed by atoms with Crippen LogP contribution in [0.25, 0.3) is 0 Å². The fourth-order valence-corrected chi connectivity index (χ4v) is 3.40. The van der Waals surface area contributed by atoms with Crippen LogP contribution in [0.5, 0.6) is 0 Å². The van der Waals surface area contributed by atoms with E-state index in [-0.39, 0.29) is 0 Å². The van der Waals surface area contributed by atoms with Gasteiger partial charge in [0.1, 0.15) is 0 Å². The van der Waals surface area contributed by atoms with Gasteiger partial charge >= 0.3 is 0 Å². The molecular formula is C14H29N3. The van der Waals surface area contributed by atoms with E-state index in [0.717, 1.165) is 12.1 Å². The number of hydrogen-bond acceptors (Lipinski definition) is 3. The quantitative estimate of drug-likeness (QED) is 0.810. The molecule has 2 rings (SSSR count). The molecule has 0 aromatic heterocycles. The minimum absolute atomic E-state index is 0.459. The van der Waals surface area contributed by atoms with E-state index >= 15 is 0 Å². The molecule has 0 saturated carbocycles. The molecule has 0 aliphatic carbocycles. The second-order valence-corrected chi connectivity index (χ2v) is 5.91. The first-order valence-corrected chi connectivity index (χ1v) is 7.44. The predicted molar refractivity (Wildman–Crippen MR) is 73.1 cm³/mol. The van der Waals surface area contributed by atoms with E-state index in [9.17, 15) is 0 Å². The van der Waals surface area contributed by atoms with Crippen molar-refractivity contribution in [2.24, 2.45) is 5.73 Å². The molecule has 2 aliphatic heterocycles. The van der Waals surface area contributed by atoms with E-state index in [4.69, 9.17) is 5.73 Å². The van der Waals surface area contributed by atoms with Gasteiger partial charge in [0.15, 0.2) is 0 Å². The zero-order valence-corrected chi connectivity index (χ0v) is 11.6. The SMILES string of the molecule is CCC1CCC(C)N1CCN1CCC(N)CC1. The molecule has 2 atom stereocenters. The Morgan fingerprint density at radius 2 is 1.76 bits per heavy atom. The Morgan fingerprint density at radius 1 is 1.06 bits per heavy atom. The van der Waals surface area contributed by atoms with E-state index in [1.165, 1.54) is 58.3 Å². The minimum Gasteiger partial charge on any atom is -0.328 e. The van der Waals surface area contributed by atoms with Gasteiger partial charge in [-0.05, 0) is 52.1 Å². The average molecular weight is 239 g/mol.